The van der Waals surface area contributed by atoms with Crippen LogP contribution in [0.5, 0.6) is 0 Å². The summed E-state index contributed by atoms with van der Waals surface area (Å²) in [6, 6.07) is 5.60. The van der Waals surface area contributed by atoms with E-state index >= 15 is 0 Å². The van der Waals surface area contributed by atoms with Crippen LogP contribution in [0.15, 0.2) is 27.5 Å². The van der Waals surface area contributed by atoms with Gasteiger partial charge in [-0.05, 0) is 61.7 Å². The molecule has 0 saturated carbocycles. The summed E-state index contributed by atoms with van der Waals surface area (Å²) in [4.78, 5) is 20.3. The van der Waals surface area contributed by atoms with E-state index in [1.165, 1.54) is 0 Å². The lowest BCUT2D eigenvalue weighted by atomic mass is 9.73. The minimum absolute atomic E-state index is 0.0394. The van der Waals surface area contributed by atoms with Gasteiger partial charge in [-0.3, -0.25) is 9.36 Å². The minimum atomic E-state index is -0.0951. The van der Waals surface area contributed by atoms with Gasteiger partial charge in [-0.1, -0.05) is 17.7 Å². The summed E-state index contributed by atoms with van der Waals surface area (Å²) in [6.45, 7) is 8.08. The van der Waals surface area contributed by atoms with Crippen molar-refractivity contribution in [1.82, 2.24) is 9.55 Å². The highest BCUT2D eigenvalue weighted by atomic mass is 79.9. The van der Waals surface area contributed by atoms with Crippen molar-refractivity contribution >= 4 is 33.3 Å². The molecule has 2 aromatic rings. The molecule has 2 aliphatic rings. The largest absolute Gasteiger partial charge is 0.376 e. The van der Waals surface area contributed by atoms with Gasteiger partial charge in [0.2, 0.25) is 0 Å². The van der Waals surface area contributed by atoms with E-state index in [0.29, 0.717) is 22.1 Å². The SMILES string of the molecule is Cc1c(N2CCC3(CC2)CO[C@@H](C)[C@H]3N)nc(C)n(-c2cccc(Br)c2Cl)c1=O. The van der Waals surface area contributed by atoms with Crippen LogP contribution >= 0.6 is 27.5 Å². The summed E-state index contributed by atoms with van der Waals surface area (Å²) >= 11 is 9.87. The molecule has 0 amide bonds. The van der Waals surface area contributed by atoms with Gasteiger partial charge in [0.1, 0.15) is 11.6 Å². The van der Waals surface area contributed by atoms with E-state index in [9.17, 15) is 4.79 Å². The van der Waals surface area contributed by atoms with Gasteiger partial charge in [-0.2, -0.15) is 0 Å². The fraction of sp³-hybridized carbons (Fsp3) is 0.524. The molecule has 29 heavy (non-hydrogen) atoms. The average Bonchev–Trinajstić information content (AvgIpc) is 2.97. The molecule has 6 nitrogen and oxygen atoms in total. The van der Waals surface area contributed by atoms with E-state index in [2.05, 4.69) is 20.8 Å². The molecule has 0 aliphatic carbocycles. The summed E-state index contributed by atoms with van der Waals surface area (Å²) in [6.07, 6.45) is 1.99. The first-order chi connectivity index (χ1) is 13.7. The third-order valence-corrected chi connectivity index (χ3v) is 7.81. The minimum Gasteiger partial charge on any atom is -0.376 e. The zero-order valence-electron chi connectivity index (χ0n) is 16.9. The molecule has 3 heterocycles. The molecule has 2 atom stereocenters. The Morgan fingerprint density at radius 1 is 1.31 bits per heavy atom. The highest BCUT2D eigenvalue weighted by Crippen LogP contribution is 2.42. The number of anilines is 1. The van der Waals surface area contributed by atoms with Crippen LogP contribution in [0.1, 0.15) is 31.2 Å². The molecular weight excluding hydrogens is 456 g/mol. The third kappa shape index (κ3) is 3.42. The molecule has 2 fully saturated rings. The average molecular weight is 482 g/mol. The molecule has 0 unspecified atom stereocenters. The van der Waals surface area contributed by atoms with Gasteiger partial charge < -0.3 is 15.4 Å². The van der Waals surface area contributed by atoms with E-state index in [1.54, 1.807) is 4.57 Å². The van der Waals surface area contributed by atoms with E-state index in [-0.39, 0.29) is 23.1 Å². The normalized spacial score (nSPS) is 23.7. The summed E-state index contributed by atoms with van der Waals surface area (Å²) < 4.78 is 8.15. The number of rotatable bonds is 2. The van der Waals surface area contributed by atoms with Crippen LogP contribution in [0.4, 0.5) is 5.82 Å². The van der Waals surface area contributed by atoms with Gasteiger partial charge in [-0.15, -0.1) is 0 Å². The maximum atomic E-state index is 13.2. The van der Waals surface area contributed by atoms with Crippen molar-refractivity contribution in [2.45, 2.75) is 45.8 Å². The quantitative estimate of drug-likeness (QED) is 0.709. The Labute approximate surface area is 184 Å². The van der Waals surface area contributed by atoms with Crippen LogP contribution < -0.4 is 16.2 Å². The summed E-state index contributed by atoms with van der Waals surface area (Å²) in [5.74, 6) is 1.37. The predicted molar refractivity (Wildman–Crippen MR) is 119 cm³/mol. The number of hydrogen-bond acceptors (Lipinski definition) is 5. The third-order valence-electron chi connectivity index (χ3n) is 6.53. The van der Waals surface area contributed by atoms with E-state index in [0.717, 1.165) is 42.8 Å². The number of aromatic nitrogens is 2. The molecular formula is C21H26BrClN4O2. The lowest BCUT2D eigenvalue weighted by Crippen LogP contribution is -2.51. The number of hydrogen-bond donors (Lipinski definition) is 1. The van der Waals surface area contributed by atoms with Crippen LogP contribution in [0.2, 0.25) is 5.02 Å². The Balaban J connectivity index is 1.66. The Hall–Kier alpha value is -1.41. The van der Waals surface area contributed by atoms with E-state index in [4.69, 9.17) is 27.1 Å². The second-order valence-corrected chi connectivity index (χ2v) is 9.44. The lowest BCUT2D eigenvalue weighted by molar-refractivity contribution is 0.0974. The number of benzene rings is 1. The van der Waals surface area contributed by atoms with Crippen molar-refractivity contribution < 1.29 is 4.74 Å². The zero-order chi connectivity index (χ0) is 20.9. The number of halogens is 2. The molecule has 0 radical (unpaired) electrons. The number of ether oxygens (including phenoxy) is 1. The lowest BCUT2D eigenvalue weighted by Gasteiger charge is -2.42. The number of nitrogens with two attached hydrogens (primary N) is 1. The molecule has 2 aliphatic heterocycles. The van der Waals surface area contributed by atoms with Crippen LogP contribution in [0, 0.1) is 19.3 Å². The molecule has 4 rings (SSSR count). The van der Waals surface area contributed by atoms with Gasteiger partial charge in [0, 0.05) is 29.0 Å². The Bertz CT molecular complexity index is 1000. The van der Waals surface area contributed by atoms with Crippen molar-refractivity contribution in [3.63, 3.8) is 0 Å². The molecule has 1 aromatic carbocycles. The van der Waals surface area contributed by atoms with Crippen molar-refractivity contribution in [3.8, 4) is 5.69 Å². The monoisotopic (exact) mass is 480 g/mol. The number of piperidine rings is 1. The zero-order valence-corrected chi connectivity index (χ0v) is 19.3. The predicted octanol–water partition coefficient (Wildman–Crippen LogP) is 3.60. The molecule has 1 aromatic heterocycles. The van der Waals surface area contributed by atoms with Crippen molar-refractivity contribution in [1.29, 1.82) is 0 Å². The van der Waals surface area contributed by atoms with Crippen LogP contribution in [0.25, 0.3) is 5.69 Å². The van der Waals surface area contributed by atoms with Gasteiger partial charge in [0.05, 0.1) is 29.0 Å². The highest BCUT2D eigenvalue weighted by molar-refractivity contribution is 9.10. The molecule has 0 bridgehead atoms. The van der Waals surface area contributed by atoms with Crippen molar-refractivity contribution in [3.05, 3.63) is 49.4 Å². The van der Waals surface area contributed by atoms with Gasteiger partial charge in [0.15, 0.2) is 0 Å². The van der Waals surface area contributed by atoms with Crippen LogP contribution in [0.3, 0.4) is 0 Å². The van der Waals surface area contributed by atoms with Crippen LogP contribution in [-0.2, 0) is 4.74 Å². The van der Waals surface area contributed by atoms with E-state index in [1.807, 2.05) is 39.0 Å². The van der Waals surface area contributed by atoms with Gasteiger partial charge in [-0.25, -0.2) is 4.98 Å². The maximum Gasteiger partial charge on any atom is 0.263 e. The molecule has 1 spiro atoms. The van der Waals surface area contributed by atoms with Crippen LogP contribution in [-0.4, -0.2) is 41.4 Å². The summed E-state index contributed by atoms with van der Waals surface area (Å²) in [7, 11) is 0. The number of aryl methyl sites for hydroxylation is 1. The summed E-state index contributed by atoms with van der Waals surface area (Å²) in [5.41, 5.74) is 7.63. The first-order valence-corrected chi connectivity index (χ1v) is 11.1. The standard InChI is InChI=1S/C21H26BrClN4O2/c1-12-19(26-9-7-21(8-10-26)11-29-13(2)18(21)24)25-14(3)27(20(12)28)16-6-4-5-15(22)17(16)23/h4-6,13,18H,7-11,24H2,1-3H3/t13-,18+/m0/s1. The Kier molecular flexibility index (Phi) is 5.53. The molecule has 2 N–H and O–H groups in total. The fourth-order valence-corrected chi connectivity index (χ4v) is 5.16. The van der Waals surface area contributed by atoms with Gasteiger partial charge >= 0.3 is 0 Å². The Morgan fingerprint density at radius 3 is 2.62 bits per heavy atom. The first-order valence-electron chi connectivity index (χ1n) is 9.92. The highest BCUT2D eigenvalue weighted by Gasteiger charge is 2.47. The second-order valence-electron chi connectivity index (χ2n) is 8.21. The number of nitrogens with zero attached hydrogens (tertiary/aromatic N) is 3. The molecule has 8 heteroatoms. The smallest absolute Gasteiger partial charge is 0.263 e. The molecule has 156 valence electrons. The fourth-order valence-electron chi connectivity index (χ4n) is 4.59. The Morgan fingerprint density at radius 2 is 2.00 bits per heavy atom. The maximum absolute atomic E-state index is 13.2. The van der Waals surface area contributed by atoms with Gasteiger partial charge in [0.25, 0.3) is 5.56 Å². The molecule has 2 saturated heterocycles. The second kappa shape index (κ2) is 7.69. The first kappa shape index (κ1) is 20.8. The van der Waals surface area contributed by atoms with E-state index < -0.39 is 0 Å². The van der Waals surface area contributed by atoms with Crippen molar-refractivity contribution in [2.24, 2.45) is 11.1 Å². The van der Waals surface area contributed by atoms with Crippen molar-refractivity contribution in [2.75, 3.05) is 24.6 Å². The topological polar surface area (TPSA) is 73.4 Å². The summed E-state index contributed by atoms with van der Waals surface area (Å²) in [5, 5.41) is 0.496.